The van der Waals surface area contributed by atoms with Gasteiger partial charge in [0, 0.05) is 0 Å². The van der Waals surface area contributed by atoms with E-state index >= 15 is 0 Å². The smallest absolute Gasteiger partial charge is 0.449 e. The van der Waals surface area contributed by atoms with E-state index in [1.807, 2.05) is 6.07 Å². The van der Waals surface area contributed by atoms with E-state index in [2.05, 4.69) is 11.7 Å². The predicted octanol–water partition coefficient (Wildman–Crippen LogP) is 5.37. The van der Waals surface area contributed by atoms with Gasteiger partial charge in [-0.15, -0.1) is 0 Å². The Morgan fingerprint density at radius 1 is 1.27 bits per heavy atom. The topological polar surface area (TPSA) is 70.3 Å². The molecule has 0 heterocycles. The molecule has 0 unspecified atom stereocenters. The van der Waals surface area contributed by atoms with Gasteiger partial charge in [-0.05, 0) is 30.2 Å². The lowest BCUT2D eigenvalue weighted by Crippen LogP contribution is -2.05. The summed E-state index contributed by atoms with van der Waals surface area (Å²) in [4.78, 5) is 10.0. The molecule has 1 aromatic carbocycles. The van der Waals surface area contributed by atoms with Crippen LogP contribution >= 0.6 is 0 Å². The molecule has 4 heteroatoms. The first-order valence-corrected chi connectivity index (χ1v) is 8.06. The van der Waals surface area contributed by atoms with Gasteiger partial charge in [0.05, 0.1) is 11.6 Å². The Morgan fingerprint density at radius 3 is 2.41 bits per heavy atom. The molecule has 22 heavy (non-hydrogen) atoms. The summed E-state index contributed by atoms with van der Waals surface area (Å²) in [6, 6.07) is 7.72. The number of hydrogen-bond donors (Lipinski definition) is 1. The summed E-state index contributed by atoms with van der Waals surface area (Å²) in [7, 11) is 0. The zero-order valence-corrected chi connectivity index (χ0v) is 13.3. The van der Waals surface area contributed by atoms with Crippen LogP contribution in [-0.4, -0.2) is 11.3 Å². The fraction of sp³-hybridized carbons (Fsp3) is 0.556. The summed E-state index contributed by atoms with van der Waals surface area (Å²) in [5.41, 5.74) is 0.465. The maximum atomic E-state index is 10.0. The summed E-state index contributed by atoms with van der Waals surface area (Å²) >= 11 is 0. The molecule has 0 spiro atoms. The highest BCUT2D eigenvalue weighted by atomic mass is 16.7. The van der Waals surface area contributed by atoms with Crippen LogP contribution in [0.4, 0.5) is 4.79 Å². The van der Waals surface area contributed by atoms with Crippen LogP contribution in [0.2, 0.25) is 0 Å². The summed E-state index contributed by atoms with van der Waals surface area (Å²) in [6.07, 6.45) is 10.6. The lowest BCUT2D eigenvalue weighted by molar-refractivity contribution is 0.144. The highest BCUT2D eigenvalue weighted by molar-refractivity contribution is 5.61. The normalized spacial score (nSPS) is 14.4. The Balaban J connectivity index is 0.000000224. The first kappa shape index (κ1) is 18.0. The fourth-order valence-corrected chi connectivity index (χ4v) is 2.67. The van der Waals surface area contributed by atoms with Crippen LogP contribution in [0.5, 0.6) is 5.75 Å². The van der Waals surface area contributed by atoms with Crippen LogP contribution in [0.3, 0.4) is 0 Å². The number of unbranched alkanes of at least 4 members (excludes halogenated alkanes) is 1. The summed E-state index contributed by atoms with van der Waals surface area (Å²) in [6.45, 7) is 2.29. The average molecular weight is 303 g/mol. The van der Waals surface area contributed by atoms with Gasteiger partial charge in [0.1, 0.15) is 5.75 Å². The molecule has 1 aliphatic rings. The van der Waals surface area contributed by atoms with Crippen LogP contribution < -0.4 is 4.74 Å². The molecule has 0 atom stereocenters. The molecule has 0 bridgehead atoms. The second kappa shape index (κ2) is 10.7. The van der Waals surface area contributed by atoms with Crippen molar-refractivity contribution in [2.45, 2.75) is 58.3 Å². The van der Waals surface area contributed by atoms with Crippen LogP contribution in [0, 0.1) is 17.2 Å². The van der Waals surface area contributed by atoms with E-state index in [0.717, 1.165) is 5.92 Å². The molecular weight excluding hydrogens is 278 g/mol. The minimum atomic E-state index is -1.36. The Morgan fingerprint density at radius 2 is 1.91 bits per heavy atom. The summed E-state index contributed by atoms with van der Waals surface area (Å²) < 4.78 is 4.32. The molecule has 0 aromatic heterocycles. The number of carboxylic acid groups (broad SMARTS) is 1. The molecule has 120 valence electrons. The first-order chi connectivity index (χ1) is 10.7. The lowest BCUT2D eigenvalue weighted by Gasteiger charge is -2.20. The molecule has 1 aromatic rings. The van der Waals surface area contributed by atoms with Crippen LogP contribution in [0.1, 0.15) is 63.9 Å². The maximum Gasteiger partial charge on any atom is 0.511 e. The van der Waals surface area contributed by atoms with Crippen LogP contribution in [0.25, 0.3) is 0 Å². The summed E-state index contributed by atoms with van der Waals surface area (Å²) in [5, 5.41) is 16.6. The average Bonchev–Trinajstić information content (AvgIpc) is 2.55. The Kier molecular flexibility index (Phi) is 8.74. The molecule has 0 saturated heterocycles. The van der Waals surface area contributed by atoms with E-state index in [1.165, 1.54) is 75.6 Å². The first-order valence-electron chi connectivity index (χ1n) is 8.06. The predicted molar refractivity (Wildman–Crippen MR) is 85.9 cm³/mol. The number of nitriles is 1. The highest BCUT2D eigenvalue weighted by Crippen LogP contribution is 2.27. The second-order valence-corrected chi connectivity index (χ2v) is 5.65. The molecule has 0 aliphatic heterocycles. The lowest BCUT2D eigenvalue weighted by atomic mass is 9.86. The van der Waals surface area contributed by atoms with Crippen molar-refractivity contribution in [1.29, 1.82) is 5.26 Å². The van der Waals surface area contributed by atoms with E-state index in [9.17, 15) is 4.79 Å². The number of benzene rings is 1. The van der Waals surface area contributed by atoms with Gasteiger partial charge in [0.25, 0.3) is 0 Å². The fourth-order valence-electron chi connectivity index (χ4n) is 2.67. The van der Waals surface area contributed by atoms with Crippen molar-refractivity contribution in [1.82, 2.24) is 0 Å². The van der Waals surface area contributed by atoms with E-state index in [-0.39, 0.29) is 5.75 Å². The number of rotatable bonds is 4. The van der Waals surface area contributed by atoms with Gasteiger partial charge in [-0.3, -0.25) is 0 Å². The van der Waals surface area contributed by atoms with Crippen LogP contribution in [0.15, 0.2) is 24.3 Å². The van der Waals surface area contributed by atoms with Crippen molar-refractivity contribution >= 4 is 6.16 Å². The van der Waals surface area contributed by atoms with Gasteiger partial charge in [-0.25, -0.2) is 4.79 Å². The molecule has 1 saturated carbocycles. The molecular formula is C18H25NO3. The highest BCUT2D eigenvalue weighted by Gasteiger charge is 2.11. The SMILES string of the molecule is CCCCC1CCCCC1.N#Cc1ccc(OC(=O)O)cc1. The van der Waals surface area contributed by atoms with E-state index < -0.39 is 6.16 Å². The Bertz CT molecular complexity index is 470. The number of nitrogens with zero attached hydrogens (tertiary/aromatic N) is 1. The van der Waals surface area contributed by atoms with Crippen molar-refractivity contribution in [3.8, 4) is 11.8 Å². The van der Waals surface area contributed by atoms with Crippen molar-refractivity contribution < 1.29 is 14.6 Å². The van der Waals surface area contributed by atoms with Crippen molar-refractivity contribution in [3.05, 3.63) is 29.8 Å². The minimum Gasteiger partial charge on any atom is -0.449 e. The van der Waals surface area contributed by atoms with Gasteiger partial charge in [-0.2, -0.15) is 5.26 Å². The number of carbonyl (C=O) groups is 1. The Hall–Kier alpha value is -2.02. The summed E-state index contributed by atoms with van der Waals surface area (Å²) in [5.74, 6) is 1.32. The van der Waals surface area contributed by atoms with Gasteiger partial charge in [0.2, 0.25) is 0 Å². The zero-order chi connectivity index (χ0) is 16.2. The van der Waals surface area contributed by atoms with Gasteiger partial charge in [0.15, 0.2) is 0 Å². The third-order valence-corrected chi connectivity index (χ3v) is 3.88. The van der Waals surface area contributed by atoms with Crippen LogP contribution in [-0.2, 0) is 0 Å². The monoisotopic (exact) mass is 303 g/mol. The molecule has 1 fully saturated rings. The van der Waals surface area contributed by atoms with Gasteiger partial charge >= 0.3 is 6.16 Å². The van der Waals surface area contributed by atoms with Gasteiger partial charge < -0.3 is 9.84 Å². The largest absolute Gasteiger partial charge is 0.511 e. The maximum absolute atomic E-state index is 10.0. The Labute approximate surface area is 132 Å². The molecule has 2 rings (SSSR count). The number of ether oxygens (including phenoxy) is 1. The second-order valence-electron chi connectivity index (χ2n) is 5.65. The number of hydrogen-bond acceptors (Lipinski definition) is 3. The molecule has 1 N–H and O–H groups in total. The third kappa shape index (κ3) is 7.68. The molecule has 1 aliphatic carbocycles. The van der Waals surface area contributed by atoms with Gasteiger partial charge in [-0.1, -0.05) is 58.3 Å². The minimum absolute atomic E-state index is 0.210. The standard InChI is InChI=1S/C10H20.C8H5NO3/c1-2-3-7-10-8-5-4-6-9-10;9-5-6-1-3-7(4-2-6)12-8(10)11/h10H,2-9H2,1H3;1-4H,(H,10,11). The molecule has 0 radical (unpaired) electrons. The third-order valence-electron chi connectivity index (χ3n) is 3.88. The van der Waals surface area contributed by atoms with E-state index in [0.29, 0.717) is 5.56 Å². The molecule has 4 nitrogen and oxygen atoms in total. The molecule has 0 amide bonds. The zero-order valence-electron chi connectivity index (χ0n) is 13.3. The van der Waals surface area contributed by atoms with E-state index in [1.54, 1.807) is 0 Å². The van der Waals surface area contributed by atoms with E-state index in [4.69, 9.17) is 10.4 Å². The van der Waals surface area contributed by atoms with Crippen molar-refractivity contribution in [2.75, 3.05) is 0 Å². The quantitative estimate of drug-likeness (QED) is 0.599. The van der Waals surface area contributed by atoms with Crippen molar-refractivity contribution in [2.24, 2.45) is 5.92 Å². The van der Waals surface area contributed by atoms with Crippen molar-refractivity contribution in [3.63, 3.8) is 0 Å².